The molecule has 0 aliphatic carbocycles. The molecule has 0 aliphatic rings. The van der Waals surface area contributed by atoms with Crippen molar-refractivity contribution in [1.82, 2.24) is 0 Å². The first-order valence-corrected chi connectivity index (χ1v) is 10.1. The Balaban J connectivity index is 2.56. The van der Waals surface area contributed by atoms with Crippen molar-refractivity contribution in [3.8, 4) is 0 Å². The van der Waals surface area contributed by atoms with Gasteiger partial charge >= 0.3 is 5.97 Å². The Morgan fingerprint density at radius 2 is 1.82 bits per heavy atom. The summed E-state index contributed by atoms with van der Waals surface area (Å²) in [5.74, 6) is -0.561. The third-order valence-corrected chi connectivity index (χ3v) is 4.20. The van der Waals surface area contributed by atoms with Crippen molar-refractivity contribution in [1.29, 1.82) is 0 Å². The molecule has 0 heterocycles. The molecular weight excluding hydrogens is 386 g/mol. The molecule has 8 nitrogen and oxygen atoms in total. The molecule has 0 bridgehead atoms. The van der Waals surface area contributed by atoms with E-state index < -0.39 is 27.6 Å². The minimum absolute atomic E-state index is 0.0682. The van der Waals surface area contributed by atoms with E-state index in [0.717, 1.165) is 6.26 Å². The first-order chi connectivity index (χ1) is 13.2. The second kappa shape index (κ2) is 9.25. The first-order valence-electron chi connectivity index (χ1n) is 8.27. The molecular formula is C19H19NO7S. The highest BCUT2D eigenvalue weighted by molar-refractivity contribution is 7.85. The molecule has 0 fully saturated rings. The number of hydrogen-bond acceptors (Lipinski definition) is 7. The quantitative estimate of drug-likeness (QED) is 0.218. The Morgan fingerprint density at radius 1 is 1.14 bits per heavy atom. The smallest absolute Gasteiger partial charge is 0.331 e. The molecule has 0 aromatic heterocycles. The second-order valence-corrected chi connectivity index (χ2v) is 7.39. The van der Waals surface area contributed by atoms with Crippen LogP contribution in [0.1, 0.15) is 23.6 Å². The summed E-state index contributed by atoms with van der Waals surface area (Å²) in [5.41, 5.74) is 1.44. The fraction of sp³-hybridized carbons (Fsp3) is 0.211. The number of rotatable bonds is 8. The van der Waals surface area contributed by atoms with Gasteiger partial charge in [0.1, 0.15) is 0 Å². The van der Waals surface area contributed by atoms with Gasteiger partial charge in [-0.1, -0.05) is 30.3 Å². The zero-order chi connectivity index (χ0) is 20.7. The summed E-state index contributed by atoms with van der Waals surface area (Å²) in [6.45, 7) is 1.38. The van der Waals surface area contributed by atoms with Crippen LogP contribution in [0, 0.1) is 10.1 Å². The van der Waals surface area contributed by atoms with E-state index in [-0.39, 0.29) is 17.9 Å². The van der Waals surface area contributed by atoms with E-state index in [0.29, 0.717) is 16.7 Å². The zero-order valence-corrected chi connectivity index (χ0v) is 16.1. The molecule has 2 aromatic carbocycles. The number of carbonyl (C=O) groups excluding carboxylic acids is 1. The molecule has 0 radical (unpaired) electrons. The molecule has 2 rings (SSSR count). The van der Waals surface area contributed by atoms with Gasteiger partial charge in [0, 0.05) is 12.1 Å². The van der Waals surface area contributed by atoms with E-state index in [9.17, 15) is 23.3 Å². The third kappa shape index (κ3) is 6.00. The summed E-state index contributed by atoms with van der Waals surface area (Å²) in [6.07, 6.45) is 2.15. The van der Waals surface area contributed by atoms with Crippen molar-refractivity contribution in [2.75, 3.05) is 12.9 Å². The Kier molecular flexibility index (Phi) is 7.02. The molecule has 0 saturated carbocycles. The van der Waals surface area contributed by atoms with Crippen molar-refractivity contribution >= 4 is 27.3 Å². The van der Waals surface area contributed by atoms with Crippen LogP contribution in [0.15, 0.2) is 54.6 Å². The number of nitro groups is 1. The van der Waals surface area contributed by atoms with Crippen LogP contribution in [0.2, 0.25) is 0 Å². The third-order valence-electron chi connectivity index (χ3n) is 3.65. The van der Waals surface area contributed by atoms with Gasteiger partial charge < -0.3 is 4.74 Å². The number of esters is 1. The van der Waals surface area contributed by atoms with Gasteiger partial charge in [-0.15, -0.1) is 0 Å². The van der Waals surface area contributed by atoms with Gasteiger partial charge in [0.15, 0.2) is 0 Å². The lowest BCUT2D eigenvalue weighted by Crippen LogP contribution is -2.06. The molecule has 0 atom stereocenters. The van der Waals surface area contributed by atoms with E-state index >= 15 is 0 Å². The lowest BCUT2D eigenvalue weighted by atomic mass is 9.95. The van der Waals surface area contributed by atoms with Crippen LogP contribution in [0.25, 0.3) is 5.57 Å². The maximum atomic E-state index is 12.0. The van der Waals surface area contributed by atoms with Gasteiger partial charge in [-0.05, 0) is 35.8 Å². The Hall–Kier alpha value is -3.04. The lowest BCUT2D eigenvalue weighted by molar-refractivity contribution is -0.385. The first kappa shape index (κ1) is 21.3. The number of nitro benzene ring substituents is 1. The molecule has 0 spiro atoms. The van der Waals surface area contributed by atoms with Crippen LogP contribution >= 0.6 is 0 Å². The Labute approximate surface area is 162 Å². The predicted octanol–water partition coefficient (Wildman–Crippen LogP) is 3.07. The average molecular weight is 405 g/mol. The standard InChI is InChI=1S/C19H19NO7S/c1-3-26-19(21)12-17(14-7-5-4-6-8-14)15-9-10-18(20(22)23)16(11-15)13-27-28(2,24)25/h4-12H,3,13H2,1-2H3/b17-12-. The van der Waals surface area contributed by atoms with Gasteiger partial charge in [0.25, 0.3) is 15.8 Å². The van der Waals surface area contributed by atoms with Crippen molar-refractivity contribution in [3.63, 3.8) is 0 Å². The SMILES string of the molecule is CCOC(=O)/C=C(/c1ccccc1)c1ccc([N+](=O)[O-])c(COS(C)(=O)=O)c1. The molecule has 0 unspecified atom stereocenters. The normalized spacial score (nSPS) is 11.9. The number of ether oxygens (including phenoxy) is 1. The summed E-state index contributed by atoms with van der Waals surface area (Å²) in [7, 11) is -3.79. The number of nitrogens with zero attached hydrogens (tertiary/aromatic N) is 1. The van der Waals surface area contributed by atoms with Crippen LogP contribution in [0.3, 0.4) is 0 Å². The minimum atomic E-state index is -3.79. The highest BCUT2D eigenvalue weighted by atomic mass is 32.2. The van der Waals surface area contributed by atoms with Crippen LogP contribution in [0.5, 0.6) is 0 Å². The fourth-order valence-electron chi connectivity index (χ4n) is 2.47. The summed E-state index contributed by atoms with van der Waals surface area (Å²) >= 11 is 0. The number of carbonyl (C=O) groups is 1. The Morgan fingerprint density at radius 3 is 2.39 bits per heavy atom. The molecule has 0 aliphatic heterocycles. The van der Waals surface area contributed by atoms with E-state index in [1.54, 1.807) is 31.2 Å². The van der Waals surface area contributed by atoms with Crippen molar-refractivity contribution in [2.45, 2.75) is 13.5 Å². The van der Waals surface area contributed by atoms with Gasteiger partial charge in [0.2, 0.25) is 0 Å². The van der Waals surface area contributed by atoms with Crippen LogP contribution in [-0.4, -0.2) is 32.2 Å². The number of hydrogen-bond donors (Lipinski definition) is 0. The summed E-state index contributed by atoms with van der Waals surface area (Å²) in [4.78, 5) is 22.7. The van der Waals surface area contributed by atoms with Crippen molar-refractivity contribution < 1.29 is 27.1 Å². The summed E-state index contributed by atoms with van der Waals surface area (Å²) in [5, 5.41) is 11.3. The van der Waals surface area contributed by atoms with Gasteiger partial charge in [-0.2, -0.15) is 8.42 Å². The highest BCUT2D eigenvalue weighted by Gasteiger charge is 2.18. The second-order valence-electron chi connectivity index (χ2n) is 5.74. The topological polar surface area (TPSA) is 113 Å². The Bertz CT molecular complexity index is 998. The molecule has 2 aromatic rings. The van der Waals surface area contributed by atoms with Crippen LogP contribution in [0.4, 0.5) is 5.69 Å². The zero-order valence-electron chi connectivity index (χ0n) is 15.3. The predicted molar refractivity (Wildman–Crippen MR) is 103 cm³/mol. The minimum Gasteiger partial charge on any atom is -0.463 e. The molecule has 0 saturated heterocycles. The monoisotopic (exact) mass is 405 g/mol. The molecule has 0 N–H and O–H groups in total. The van der Waals surface area contributed by atoms with Crippen LogP contribution < -0.4 is 0 Å². The van der Waals surface area contributed by atoms with E-state index in [1.807, 2.05) is 6.07 Å². The van der Waals surface area contributed by atoms with Gasteiger partial charge in [0.05, 0.1) is 30.0 Å². The summed E-state index contributed by atoms with van der Waals surface area (Å²) in [6, 6.07) is 13.1. The molecule has 9 heteroatoms. The van der Waals surface area contributed by atoms with Crippen molar-refractivity contribution in [2.24, 2.45) is 0 Å². The van der Waals surface area contributed by atoms with E-state index in [1.165, 1.54) is 24.3 Å². The fourth-order valence-corrected chi connectivity index (χ4v) is 2.81. The van der Waals surface area contributed by atoms with Gasteiger partial charge in [-0.25, -0.2) is 4.79 Å². The largest absolute Gasteiger partial charge is 0.463 e. The maximum absolute atomic E-state index is 12.0. The van der Waals surface area contributed by atoms with Crippen LogP contribution in [-0.2, 0) is 30.4 Å². The van der Waals surface area contributed by atoms with Crippen molar-refractivity contribution in [3.05, 3.63) is 81.4 Å². The maximum Gasteiger partial charge on any atom is 0.331 e. The lowest BCUT2D eigenvalue weighted by Gasteiger charge is -2.11. The van der Waals surface area contributed by atoms with Gasteiger partial charge in [-0.3, -0.25) is 14.3 Å². The van der Waals surface area contributed by atoms with E-state index in [2.05, 4.69) is 0 Å². The summed E-state index contributed by atoms with van der Waals surface area (Å²) < 4.78 is 32.3. The van der Waals surface area contributed by atoms with E-state index in [4.69, 9.17) is 8.92 Å². The average Bonchev–Trinajstić information content (AvgIpc) is 2.64. The molecule has 0 amide bonds. The highest BCUT2D eigenvalue weighted by Crippen LogP contribution is 2.29. The number of benzene rings is 2. The molecule has 148 valence electrons. The molecule has 28 heavy (non-hydrogen) atoms.